The molecule has 0 spiro atoms. The molecule has 1 aromatic carbocycles. The maximum Gasteiger partial charge on any atom is 0.417 e. The fourth-order valence-corrected chi connectivity index (χ4v) is 3.63. The topological polar surface area (TPSA) is 88.0 Å². The van der Waals surface area contributed by atoms with Gasteiger partial charge in [0, 0.05) is 22.0 Å². The molecule has 3 aromatic heterocycles. The zero-order valence-electron chi connectivity index (χ0n) is 11.5. The number of hydrogen-bond donors (Lipinski definition) is 2. The summed E-state index contributed by atoms with van der Waals surface area (Å²) in [5.41, 5.74) is 2.91. The second kappa shape index (κ2) is 5.49. The number of rotatable bonds is 3. The van der Waals surface area contributed by atoms with Gasteiger partial charge in [0.25, 0.3) is 5.91 Å². The molecule has 0 aliphatic carbocycles. The predicted octanol–water partition coefficient (Wildman–Crippen LogP) is 3.56. The van der Waals surface area contributed by atoms with Gasteiger partial charge in [0.2, 0.25) is 0 Å². The second-order valence-corrected chi connectivity index (χ2v) is 6.37. The fraction of sp³-hybridized carbons (Fsp3) is 0. The highest BCUT2D eigenvalue weighted by molar-refractivity contribution is 7.14. The maximum atomic E-state index is 12.3. The Morgan fingerprint density at radius 1 is 1.26 bits per heavy atom. The number of aromatic amines is 1. The van der Waals surface area contributed by atoms with Gasteiger partial charge in [-0.2, -0.15) is 11.3 Å². The van der Waals surface area contributed by atoms with Crippen LogP contribution in [0.5, 0.6) is 0 Å². The Balaban J connectivity index is 1.57. The first-order valence-electron chi connectivity index (χ1n) is 6.61. The van der Waals surface area contributed by atoms with Gasteiger partial charge in [0.05, 0.1) is 5.52 Å². The van der Waals surface area contributed by atoms with Crippen molar-refractivity contribution in [2.45, 2.75) is 0 Å². The van der Waals surface area contributed by atoms with Crippen LogP contribution in [0.25, 0.3) is 21.7 Å². The van der Waals surface area contributed by atoms with E-state index in [1.54, 1.807) is 34.9 Å². The maximum absolute atomic E-state index is 12.3. The molecular weight excluding hydrogens is 334 g/mol. The molecule has 8 heteroatoms. The molecule has 0 aliphatic rings. The number of H-pyrrole nitrogens is 1. The van der Waals surface area contributed by atoms with Crippen molar-refractivity contribution in [1.29, 1.82) is 0 Å². The van der Waals surface area contributed by atoms with Crippen molar-refractivity contribution in [1.82, 2.24) is 9.97 Å². The molecule has 1 amide bonds. The summed E-state index contributed by atoms with van der Waals surface area (Å²) in [6, 6.07) is 6.91. The largest absolute Gasteiger partial charge is 0.417 e. The molecule has 23 heavy (non-hydrogen) atoms. The van der Waals surface area contributed by atoms with Crippen molar-refractivity contribution in [3.8, 4) is 10.6 Å². The van der Waals surface area contributed by atoms with Crippen LogP contribution in [0, 0.1) is 0 Å². The van der Waals surface area contributed by atoms with E-state index >= 15 is 0 Å². The summed E-state index contributed by atoms with van der Waals surface area (Å²) in [7, 11) is 0. The molecule has 0 unspecified atom stereocenters. The van der Waals surface area contributed by atoms with Gasteiger partial charge >= 0.3 is 5.76 Å². The quantitative estimate of drug-likeness (QED) is 0.595. The molecule has 4 rings (SSSR count). The highest BCUT2D eigenvalue weighted by atomic mass is 32.1. The highest BCUT2D eigenvalue weighted by Gasteiger charge is 2.13. The van der Waals surface area contributed by atoms with Crippen LogP contribution in [-0.2, 0) is 0 Å². The van der Waals surface area contributed by atoms with Crippen LogP contribution in [0.1, 0.15) is 10.5 Å². The van der Waals surface area contributed by atoms with Crippen molar-refractivity contribution in [2.75, 3.05) is 5.32 Å². The van der Waals surface area contributed by atoms with Gasteiger partial charge in [-0.05, 0) is 29.6 Å². The molecule has 4 aromatic rings. The van der Waals surface area contributed by atoms with Crippen molar-refractivity contribution >= 4 is 45.4 Å². The first-order chi connectivity index (χ1) is 11.2. The number of benzene rings is 1. The monoisotopic (exact) mass is 343 g/mol. The highest BCUT2D eigenvalue weighted by Crippen LogP contribution is 2.26. The summed E-state index contributed by atoms with van der Waals surface area (Å²) in [5.74, 6) is -0.823. The Kier molecular flexibility index (Phi) is 3.32. The minimum Gasteiger partial charge on any atom is -0.408 e. The molecule has 0 aliphatic heterocycles. The third-order valence-corrected chi connectivity index (χ3v) is 4.76. The summed E-state index contributed by atoms with van der Waals surface area (Å²) in [4.78, 5) is 30.3. The lowest BCUT2D eigenvalue weighted by molar-refractivity contribution is 0.102. The van der Waals surface area contributed by atoms with Gasteiger partial charge in [-0.15, -0.1) is 11.3 Å². The van der Waals surface area contributed by atoms with Crippen molar-refractivity contribution < 1.29 is 9.21 Å². The van der Waals surface area contributed by atoms with E-state index in [1.165, 1.54) is 11.3 Å². The summed E-state index contributed by atoms with van der Waals surface area (Å²) >= 11 is 3.01. The molecule has 0 radical (unpaired) electrons. The van der Waals surface area contributed by atoms with Gasteiger partial charge in [-0.25, -0.2) is 9.78 Å². The van der Waals surface area contributed by atoms with Crippen LogP contribution < -0.4 is 11.1 Å². The minimum absolute atomic E-state index is 0.298. The average molecular weight is 343 g/mol. The molecule has 0 atom stereocenters. The van der Waals surface area contributed by atoms with E-state index in [0.717, 1.165) is 10.6 Å². The zero-order valence-corrected chi connectivity index (χ0v) is 13.2. The van der Waals surface area contributed by atoms with Crippen LogP contribution in [0.2, 0.25) is 0 Å². The number of aromatic nitrogens is 2. The number of thiophene rings is 1. The Labute approximate surface area is 137 Å². The SMILES string of the molecule is O=C(Nc1ccc2oc(=O)[nH]c2c1)c1csc(-c2ccsc2)n1. The Morgan fingerprint density at radius 3 is 3.00 bits per heavy atom. The average Bonchev–Trinajstić information content (AvgIpc) is 3.26. The Bertz CT molecular complexity index is 1040. The van der Waals surface area contributed by atoms with E-state index in [-0.39, 0.29) is 5.91 Å². The third-order valence-electron chi connectivity index (χ3n) is 3.18. The van der Waals surface area contributed by atoms with Crippen molar-refractivity contribution in [3.05, 3.63) is 56.7 Å². The van der Waals surface area contributed by atoms with E-state index in [0.29, 0.717) is 22.5 Å². The first kappa shape index (κ1) is 13.9. The predicted molar refractivity (Wildman–Crippen MR) is 90.2 cm³/mol. The Hall–Kier alpha value is -2.71. The van der Waals surface area contributed by atoms with E-state index in [2.05, 4.69) is 15.3 Å². The lowest BCUT2D eigenvalue weighted by Crippen LogP contribution is -2.12. The smallest absolute Gasteiger partial charge is 0.408 e. The number of anilines is 1. The van der Waals surface area contributed by atoms with Crippen LogP contribution in [0.15, 0.2) is 49.6 Å². The molecule has 114 valence electrons. The second-order valence-electron chi connectivity index (χ2n) is 4.73. The molecule has 2 N–H and O–H groups in total. The summed E-state index contributed by atoms with van der Waals surface area (Å²) in [6.45, 7) is 0. The fourth-order valence-electron chi connectivity index (χ4n) is 2.12. The van der Waals surface area contributed by atoms with E-state index in [1.807, 2.05) is 16.8 Å². The number of hydrogen-bond acceptors (Lipinski definition) is 6. The molecule has 3 heterocycles. The number of carbonyl (C=O) groups is 1. The number of amides is 1. The molecule has 0 saturated heterocycles. The molecular formula is C15H9N3O3S2. The summed E-state index contributed by atoms with van der Waals surface area (Å²) in [5, 5.41) is 9.26. The number of nitrogens with one attached hydrogen (secondary N) is 2. The van der Waals surface area contributed by atoms with E-state index < -0.39 is 5.76 Å². The standard InChI is InChI=1S/C15H9N3O3S2/c19-13(11-7-23-14(17-11)8-3-4-22-6-8)16-9-1-2-12-10(5-9)18-15(20)21-12/h1-7H,(H,16,19)(H,18,20). The van der Waals surface area contributed by atoms with Crippen LogP contribution >= 0.6 is 22.7 Å². The number of oxazole rings is 1. The summed E-state index contributed by atoms with van der Waals surface area (Å²) in [6.07, 6.45) is 0. The minimum atomic E-state index is -0.525. The van der Waals surface area contributed by atoms with Crippen molar-refractivity contribution in [2.24, 2.45) is 0 Å². The van der Waals surface area contributed by atoms with E-state index in [4.69, 9.17) is 4.42 Å². The lowest BCUT2D eigenvalue weighted by atomic mass is 10.3. The lowest BCUT2D eigenvalue weighted by Gasteiger charge is -2.02. The summed E-state index contributed by atoms with van der Waals surface area (Å²) < 4.78 is 4.92. The first-order valence-corrected chi connectivity index (χ1v) is 8.43. The van der Waals surface area contributed by atoms with E-state index in [9.17, 15) is 9.59 Å². The number of nitrogens with zero attached hydrogens (tertiary/aromatic N) is 1. The van der Waals surface area contributed by atoms with Crippen LogP contribution in [0.4, 0.5) is 5.69 Å². The van der Waals surface area contributed by atoms with Gasteiger partial charge in [-0.1, -0.05) is 0 Å². The normalized spacial score (nSPS) is 11.0. The van der Waals surface area contributed by atoms with Crippen LogP contribution in [-0.4, -0.2) is 15.9 Å². The van der Waals surface area contributed by atoms with Gasteiger partial charge in [0.1, 0.15) is 10.7 Å². The molecule has 0 saturated carbocycles. The molecule has 0 bridgehead atoms. The van der Waals surface area contributed by atoms with Gasteiger partial charge in [-0.3, -0.25) is 9.78 Å². The zero-order chi connectivity index (χ0) is 15.8. The van der Waals surface area contributed by atoms with Gasteiger partial charge in [0.15, 0.2) is 5.58 Å². The molecule has 0 fully saturated rings. The Morgan fingerprint density at radius 2 is 2.17 bits per heavy atom. The number of fused-ring (bicyclic) bond motifs is 1. The number of carbonyl (C=O) groups excluding carboxylic acids is 1. The van der Waals surface area contributed by atoms with Crippen molar-refractivity contribution in [3.63, 3.8) is 0 Å². The van der Waals surface area contributed by atoms with Crippen LogP contribution in [0.3, 0.4) is 0 Å². The van der Waals surface area contributed by atoms with Gasteiger partial charge < -0.3 is 9.73 Å². The molecule has 6 nitrogen and oxygen atoms in total. The number of thiazole rings is 1. The third kappa shape index (κ3) is 2.69.